The largest absolute Gasteiger partial charge is 0.493 e. The second-order valence-corrected chi connectivity index (χ2v) is 13.7. The van der Waals surface area contributed by atoms with Gasteiger partial charge < -0.3 is 9.47 Å². The Balaban J connectivity index is 1.22. The Morgan fingerprint density at radius 3 is 2.34 bits per heavy atom. The van der Waals surface area contributed by atoms with Crippen molar-refractivity contribution in [1.82, 2.24) is 4.90 Å². The van der Waals surface area contributed by atoms with Gasteiger partial charge in [0.15, 0.2) is 11.5 Å². The van der Waals surface area contributed by atoms with E-state index in [1.54, 1.807) is 18.2 Å². The van der Waals surface area contributed by atoms with Crippen LogP contribution in [0, 0.1) is 23.2 Å². The number of methoxy groups -OCH3 is 1. The molecule has 5 aliphatic rings. The highest BCUT2D eigenvalue weighted by Crippen LogP contribution is 2.60. The van der Waals surface area contributed by atoms with E-state index < -0.39 is 0 Å². The molecule has 2 amide bonds. The van der Waals surface area contributed by atoms with Crippen LogP contribution in [-0.4, -0.2) is 29.1 Å². The summed E-state index contributed by atoms with van der Waals surface area (Å²) >= 11 is 7.95. The number of esters is 1. The minimum Gasteiger partial charge on any atom is -0.493 e. The maximum atomic E-state index is 13.5. The molecule has 4 bridgehead atoms. The van der Waals surface area contributed by atoms with Crippen molar-refractivity contribution >= 4 is 66.8 Å². The summed E-state index contributed by atoms with van der Waals surface area (Å²) < 4.78 is 13.0. The van der Waals surface area contributed by atoms with Crippen LogP contribution in [0.2, 0.25) is 0 Å². The number of halogens is 2. The van der Waals surface area contributed by atoms with Crippen molar-refractivity contribution in [1.29, 1.82) is 0 Å². The van der Waals surface area contributed by atoms with Crippen LogP contribution in [-0.2, 0) is 16.1 Å². The molecule has 7 rings (SSSR count). The summed E-state index contributed by atoms with van der Waals surface area (Å²) in [5.74, 6) is 2.17. The Kier molecular flexibility index (Phi) is 6.97. The molecule has 4 saturated carbocycles. The number of rotatable bonds is 6. The number of nitrogens with zero attached hydrogens (tertiary/aromatic N) is 1. The fourth-order valence-electron chi connectivity index (χ4n) is 7.07. The summed E-state index contributed by atoms with van der Waals surface area (Å²) in [6, 6.07) is 11.0. The standard InChI is InChI=1S/C29H27Br2NO5S/c1-36-23-10-16(11-24-26(33)32(28(35)38-24)15-20-4-2-3-5-21(20)30)9-22(31)25(23)37-27(34)29-12-17-6-18(13-29)8-19(7-17)14-29/h2-5,9-11,17-19H,6-8,12-15H2,1H3/b24-11-. The van der Waals surface area contributed by atoms with Crippen LogP contribution < -0.4 is 9.47 Å². The van der Waals surface area contributed by atoms with Crippen molar-refractivity contribution in [3.05, 3.63) is 61.4 Å². The number of thioether (sulfide) groups is 1. The van der Waals surface area contributed by atoms with Gasteiger partial charge in [-0.2, -0.15) is 0 Å². The summed E-state index contributed by atoms with van der Waals surface area (Å²) in [5, 5.41) is -0.316. The molecule has 0 unspecified atom stereocenters. The average Bonchev–Trinajstić information content (AvgIpc) is 3.13. The van der Waals surface area contributed by atoms with E-state index in [0.717, 1.165) is 41.1 Å². The Labute approximate surface area is 242 Å². The predicted octanol–water partition coefficient (Wildman–Crippen LogP) is 7.58. The van der Waals surface area contributed by atoms with E-state index in [1.165, 1.54) is 31.3 Å². The van der Waals surface area contributed by atoms with Gasteiger partial charge in [-0.15, -0.1) is 0 Å². The minimum atomic E-state index is -0.385. The fourth-order valence-corrected chi connectivity index (χ4v) is 8.86. The van der Waals surface area contributed by atoms with Crippen molar-refractivity contribution in [2.75, 3.05) is 7.11 Å². The Morgan fingerprint density at radius 2 is 1.71 bits per heavy atom. The quantitative estimate of drug-likeness (QED) is 0.181. The number of benzene rings is 2. The summed E-state index contributed by atoms with van der Waals surface area (Å²) in [6.07, 6.45) is 8.19. The molecular weight excluding hydrogens is 634 g/mol. The zero-order chi connectivity index (χ0) is 26.6. The van der Waals surface area contributed by atoms with E-state index in [1.807, 2.05) is 24.3 Å². The number of hydrogen-bond acceptors (Lipinski definition) is 6. The molecule has 1 saturated heterocycles. The Hall–Kier alpha value is -2.10. The molecule has 2 aromatic rings. The molecule has 1 aliphatic heterocycles. The van der Waals surface area contributed by atoms with Crippen LogP contribution in [0.3, 0.4) is 0 Å². The first-order valence-electron chi connectivity index (χ1n) is 12.8. The number of imide groups is 1. The van der Waals surface area contributed by atoms with Gasteiger partial charge in [-0.25, -0.2) is 0 Å². The minimum absolute atomic E-state index is 0.156. The van der Waals surface area contributed by atoms with Gasteiger partial charge in [-0.05, 0) is 119 Å². The Bertz CT molecular complexity index is 1340. The highest BCUT2D eigenvalue weighted by Gasteiger charge is 2.55. The maximum Gasteiger partial charge on any atom is 0.317 e. The zero-order valence-corrected chi connectivity index (χ0v) is 24.9. The van der Waals surface area contributed by atoms with Crippen LogP contribution >= 0.6 is 43.6 Å². The lowest BCUT2D eigenvalue weighted by molar-refractivity contribution is -0.161. The lowest BCUT2D eigenvalue weighted by atomic mass is 9.49. The first-order valence-corrected chi connectivity index (χ1v) is 15.2. The molecule has 0 radical (unpaired) electrons. The molecular formula is C29H27Br2NO5S. The van der Waals surface area contributed by atoms with E-state index in [4.69, 9.17) is 9.47 Å². The van der Waals surface area contributed by atoms with E-state index in [9.17, 15) is 14.4 Å². The van der Waals surface area contributed by atoms with E-state index in [2.05, 4.69) is 31.9 Å². The second-order valence-electron chi connectivity index (χ2n) is 11.0. The summed E-state index contributed by atoms with van der Waals surface area (Å²) in [7, 11) is 1.53. The second kappa shape index (κ2) is 10.1. The molecule has 0 atom stereocenters. The molecule has 5 fully saturated rings. The third-order valence-corrected chi connectivity index (χ3v) is 10.6. The van der Waals surface area contributed by atoms with E-state index >= 15 is 0 Å². The monoisotopic (exact) mass is 659 g/mol. The van der Waals surface area contributed by atoms with E-state index in [-0.39, 0.29) is 29.1 Å². The molecule has 4 aliphatic carbocycles. The van der Waals surface area contributed by atoms with Crippen molar-refractivity contribution in [3.63, 3.8) is 0 Å². The molecule has 9 heteroatoms. The molecule has 0 aromatic heterocycles. The number of carbonyl (C=O) groups excluding carboxylic acids is 3. The van der Waals surface area contributed by atoms with Crippen LogP contribution in [0.5, 0.6) is 11.5 Å². The van der Waals surface area contributed by atoms with Crippen LogP contribution in [0.25, 0.3) is 6.08 Å². The van der Waals surface area contributed by atoms with Gasteiger partial charge in [-0.3, -0.25) is 19.3 Å². The number of carbonyl (C=O) groups is 3. The van der Waals surface area contributed by atoms with Gasteiger partial charge in [-0.1, -0.05) is 34.1 Å². The highest BCUT2D eigenvalue weighted by atomic mass is 79.9. The summed E-state index contributed by atoms with van der Waals surface area (Å²) in [6.45, 7) is 0.190. The van der Waals surface area contributed by atoms with Gasteiger partial charge in [0, 0.05) is 4.47 Å². The molecule has 198 valence electrons. The highest BCUT2D eigenvalue weighted by molar-refractivity contribution is 9.10. The van der Waals surface area contributed by atoms with E-state index in [0.29, 0.717) is 44.2 Å². The van der Waals surface area contributed by atoms with Crippen molar-refractivity contribution < 1.29 is 23.9 Å². The summed E-state index contributed by atoms with van der Waals surface area (Å²) in [4.78, 5) is 40.8. The number of hydrogen-bond donors (Lipinski definition) is 0. The van der Waals surface area contributed by atoms with Gasteiger partial charge >= 0.3 is 5.97 Å². The maximum absolute atomic E-state index is 13.5. The third-order valence-electron chi connectivity index (χ3n) is 8.38. The van der Waals surface area contributed by atoms with Crippen molar-refractivity contribution in [2.45, 2.75) is 45.1 Å². The molecule has 0 spiro atoms. The first-order chi connectivity index (χ1) is 18.2. The van der Waals surface area contributed by atoms with Gasteiger partial charge in [0.25, 0.3) is 11.1 Å². The van der Waals surface area contributed by atoms with Crippen LogP contribution in [0.4, 0.5) is 4.79 Å². The van der Waals surface area contributed by atoms with Crippen molar-refractivity contribution in [2.24, 2.45) is 23.2 Å². The molecule has 6 nitrogen and oxygen atoms in total. The molecule has 0 N–H and O–H groups in total. The van der Waals surface area contributed by atoms with Gasteiger partial charge in [0.1, 0.15) is 0 Å². The predicted molar refractivity (Wildman–Crippen MR) is 153 cm³/mol. The third kappa shape index (κ3) is 4.75. The topological polar surface area (TPSA) is 72.9 Å². The SMILES string of the molecule is COc1cc(/C=C2\SC(=O)N(Cc3ccccc3Br)C2=O)cc(Br)c1OC(=O)C12CC3CC(CC(C3)C1)C2. The lowest BCUT2D eigenvalue weighted by Crippen LogP contribution is -2.51. The fraction of sp³-hybridized carbons (Fsp3) is 0.414. The first kappa shape index (κ1) is 26.1. The molecule has 1 heterocycles. The normalized spacial score (nSPS) is 28.9. The zero-order valence-electron chi connectivity index (χ0n) is 20.9. The number of amides is 2. The number of ether oxygens (including phenoxy) is 2. The Morgan fingerprint density at radius 1 is 1.05 bits per heavy atom. The van der Waals surface area contributed by atoms with Crippen molar-refractivity contribution in [3.8, 4) is 11.5 Å². The average molecular weight is 661 g/mol. The lowest BCUT2D eigenvalue weighted by Gasteiger charge is -2.55. The van der Waals surface area contributed by atoms with Crippen LogP contribution in [0.1, 0.15) is 49.7 Å². The van der Waals surface area contributed by atoms with Crippen LogP contribution in [0.15, 0.2) is 50.2 Å². The van der Waals surface area contributed by atoms with Gasteiger partial charge in [0.05, 0.1) is 28.4 Å². The summed E-state index contributed by atoms with van der Waals surface area (Å²) in [5.41, 5.74) is 1.13. The molecule has 38 heavy (non-hydrogen) atoms. The van der Waals surface area contributed by atoms with Gasteiger partial charge in [0.2, 0.25) is 0 Å². The molecule has 2 aromatic carbocycles. The smallest absolute Gasteiger partial charge is 0.317 e.